The largest absolute Gasteiger partial charge is 0.494 e. The molecule has 1 N–H and O–H groups in total. The Bertz CT molecular complexity index is 1160. The second-order valence-corrected chi connectivity index (χ2v) is 8.64. The maximum absolute atomic E-state index is 13.0. The third-order valence-electron chi connectivity index (χ3n) is 6.59. The number of hydrogen-bond acceptors (Lipinski definition) is 6. The number of nitrogens with zero attached hydrogens (tertiary/aromatic N) is 1. The van der Waals surface area contributed by atoms with Crippen molar-refractivity contribution in [3.05, 3.63) is 66.2 Å². The van der Waals surface area contributed by atoms with Crippen LogP contribution in [0, 0.1) is 23.7 Å². The maximum Gasteiger partial charge on any atom is 0.338 e. The van der Waals surface area contributed by atoms with Crippen LogP contribution in [0.4, 0.5) is 11.4 Å². The molecule has 2 aromatic carbocycles. The number of rotatable bonds is 7. The minimum Gasteiger partial charge on any atom is -0.494 e. The van der Waals surface area contributed by atoms with Crippen LogP contribution in [-0.2, 0) is 19.1 Å². The fourth-order valence-corrected chi connectivity index (χ4v) is 5.14. The molecule has 5 rings (SSSR count). The van der Waals surface area contributed by atoms with Gasteiger partial charge in [-0.1, -0.05) is 18.2 Å². The van der Waals surface area contributed by atoms with Crippen molar-refractivity contribution in [2.75, 3.05) is 23.4 Å². The van der Waals surface area contributed by atoms with Gasteiger partial charge in [0.05, 0.1) is 29.7 Å². The molecule has 8 heteroatoms. The van der Waals surface area contributed by atoms with Crippen molar-refractivity contribution in [1.82, 2.24) is 0 Å². The number of carbonyl (C=O) groups is 4. The van der Waals surface area contributed by atoms with E-state index in [-0.39, 0.29) is 41.0 Å². The lowest BCUT2D eigenvalue weighted by Crippen LogP contribution is -2.33. The zero-order valence-electron chi connectivity index (χ0n) is 18.6. The van der Waals surface area contributed by atoms with Gasteiger partial charge in [-0.2, -0.15) is 0 Å². The Kier molecular flexibility index (Phi) is 5.65. The van der Waals surface area contributed by atoms with Crippen molar-refractivity contribution in [3.63, 3.8) is 0 Å². The van der Waals surface area contributed by atoms with Crippen molar-refractivity contribution in [1.29, 1.82) is 0 Å². The van der Waals surface area contributed by atoms with Crippen molar-refractivity contribution < 1.29 is 28.7 Å². The van der Waals surface area contributed by atoms with Crippen LogP contribution in [0.2, 0.25) is 0 Å². The highest BCUT2D eigenvalue weighted by Gasteiger charge is 2.59. The normalized spacial score (nSPS) is 24.3. The Hall–Kier alpha value is -3.94. The summed E-state index contributed by atoms with van der Waals surface area (Å²) in [6, 6.07) is 13.0. The van der Waals surface area contributed by atoms with E-state index >= 15 is 0 Å². The number of nitrogens with one attached hydrogen (secondary N) is 1. The van der Waals surface area contributed by atoms with Gasteiger partial charge >= 0.3 is 5.97 Å². The second kappa shape index (κ2) is 8.78. The third-order valence-corrected chi connectivity index (χ3v) is 6.59. The molecule has 1 aliphatic heterocycles. The molecular weight excluding hydrogens is 436 g/mol. The number of allylic oxidation sites excluding steroid dienone is 2. The molecule has 4 atom stereocenters. The number of hydrogen-bond donors (Lipinski definition) is 1. The maximum atomic E-state index is 13.0. The molecule has 34 heavy (non-hydrogen) atoms. The molecule has 2 fully saturated rings. The minimum atomic E-state index is -0.718. The molecule has 174 valence electrons. The highest BCUT2D eigenvalue weighted by atomic mass is 16.5. The molecule has 1 saturated heterocycles. The topological polar surface area (TPSA) is 102 Å². The lowest BCUT2D eigenvalue weighted by atomic mass is 9.85. The summed E-state index contributed by atoms with van der Waals surface area (Å²) in [4.78, 5) is 51.9. The molecule has 3 amide bonds. The van der Waals surface area contributed by atoms with Crippen LogP contribution in [0.15, 0.2) is 60.7 Å². The number of amides is 3. The Balaban J connectivity index is 1.21. The smallest absolute Gasteiger partial charge is 0.338 e. The van der Waals surface area contributed by atoms with Crippen LogP contribution in [-0.4, -0.2) is 36.9 Å². The zero-order chi connectivity index (χ0) is 23.8. The number of benzene rings is 2. The quantitative estimate of drug-likeness (QED) is 0.387. The summed E-state index contributed by atoms with van der Waals surface area (Å²) >= 11 is 0. The van der Waals surface area contributed by atoms with Gasteiger partial charge in [-0.15, -0.1) is 0 Å². The van der Waals surface area contributed by atoms with Crippen LogP contribution >= 0.6 is 0 Å². The Morgan fingerprint density at radius 2 is 1.68 bits per heavy atom. The Labute approximate surface area is 196 Å². The first kappa shape index (κ1) is 21.9. The monoisotopic (exact) mass is 460 g/mol. The predicted molar refractivity (Wildman–Crippen MR) is 123 cm³/mol. The van der Waals surface area contributed by atoms with E-state index in [4.69, 9.17) is 9.47 Å². The molecule has 2 bridgehead atoms. The molecule has 0 unspecified atom stereocenters. The molecule has 8 nitrogen and oxygen atoms in total. The van der Waals surface area contributed by atoms with E-state index in [1.807, 2.05) is 19.1 Å². The SMILES string of the molecule is CCOc1ccc(NC(=O)COC(=O)c2cccc(N3C(=O)[C@@H]4[C@@H](C3=O)[C@H]3C=C[C@H]4C3)c2)cc1. The van der Waals surface area contributed by atoms with E-state index in [1.54, 1.807) is 36.4 Å². The molecule has 1 heterocycles. The van der Waals surface area contributed by atoms with Gasteiger partial charge in [0.2, 0.25) is 11.8 Å². The van der Waals surface area contributed by atoms with E-state index in [1.165, 1.54) is 17.0 Å². The van der Waals surface area contributed by atoms with Gasteiger partial charge in [-0.3, -0.25) is 14.4 Å². The summed E-state index contributed by atoms with van der Waals surface area (Å²) < 4.78 is 10.5. The van der Waals surface area contributed by atoms with Crippen LogP contribution in [0.1, 0.15) is 23.7 Å². The lowest BCUT2D eigenvalue weighted by Gasteiger charge is -2.18. The van der Waals surface area contributed by atoms with E-state index < -0.39 is 18.5 Å². The van der Waals surface area contributed by atoms with E-state index in [9.17, 15) is 19.2 Å². The summed E-state index contributed by atoms with van der Waals surface area (Å²) in [6.07, 6.45) is 4.92. The van der Waals surface area contributed by atoms with Gasteiger partial charge in [-0.25, -0.2) is 9.69 Å². The number of fused-ring (bicyclic) bond motifs is 5. The van der Waals surface area contributed by atoms with Crippen LogP contribution in [0.3, 0.4) is 0 Å². The van der Waals surface area contributed by atoms with Crippen LogP contribution in [0.5, 0.6) is 5.75 Å². The predicted octanol–water partition coefficient (Wildman–Crippen LogP) is 3.19. The minimum absolute atomic E-state index is 0.110. The van der Waals surface area contributed by atoms with Gasteiger partial charge < -0.3 is 14.8 Å². The number of carbonyl (C=O) groups excluding carboxylic acids is 4. The van der Waals surface area contributed by atoms with E-state index in [0.29, 0.717) is 23.7 Å². The van der Waals surface area contributed by atoms with Gasteiger partial charge in [0, 0.05) is 5.69 Å². The highest BCUT2D eigenvalue weighted by molar-refractivity contribution is 6.23. The standard InChI is InChI=1S/C26H24N2O6/c1-2-33-20-10-8-18(9-11-20)27-21(29)14-34-26(32)17-4-3-5-19(13-17)28-24(30)22-15-6-7-16(12-15)23(22)25(28)31/h3-11,13,15-16,22-23H,2,12,14H2,1H3,(H,27,29)/t15-,16-,22-,23-/m0/s1. The molecule has 2 aromatic rings. The molecule has 3 aliphatic rings. The number of anilines is 2. The summed E-state index contributed by atoms with van der Waals surface area (Å²) in [5.41, 5.74) is 1.05. The molecule has 0 spiro atoms. The van der Waals surface area contributed by atoms with Gasteiger partial charge in [0.1, 0.15) is 5.75 Å². The molecule has 2 aliphatic carbocycles. The Morgan fingerprint density at radius 1 is 1.00 bits per heavy atom. The van der Waals surface area contributed by atoms with Crippen LogP contribution in [0.25, 0.3) is 0 Å². The van der Waals surface area contributed by atoms with E-state index in [0.717, 1.165) is 6.42 Å². The summed E-state index contributed by atoms with van der Waals surface area (Å²) in [6.45, 7) is 1.95. The van der Waals surface area contributed by atoms with E-state index in [2.05, 4.69) is 5.32 Å². The van der Waals surface area contributed by atoms with Crippen molar-refractivity contribution in [2.24, 2.45) is 23.7 Å². The van der Waals surface area contributed by atoms with Crippen molar-refractivity contribution >= 4 is 35.1 Å². The number of esters is 1. The molecule has 0 aromatic heterocycles. The average Bonchev–Trinajstić information content (AvgIpc) is 3.52. The first-order chi connectivity index (χ1) is 16.5. The molecule has 0 radical (unpaired) electrons. The third kappa shape index (κ3) is 3.85. The second-order valence-electron chi connectivity index (χ2n) is 8.64. The summed E-state index contributed by atoms with van der Waals surface area (Å²) in [5, 5.41) is 2.65. The summed E-state index contributed by atoms with van der Waals surface area (Å²) in [7, 11) is 0. The molecule has 1 saturated carbocycles. The van der Waals surface area contributed by atoms with Crippen LogP contribution < -0.4 is 15.0 Å². The fourth-order valence-electron chi connectivity index (χ4n) is 5.14. The number of imide groups is 1. The van der Waals surface area contributed by atoms with Gasteiger partial charge in [0.15, 0.2) is 6.61 Å². The lowest BCUT2D eigenvalue weighted by molar-refractivity contribution is -0.123. The van der Waals surface area contributed by atoms with Crippen molar-refractivity contribution in [2.45, 2.75) is 13.3 Å². The zero-order valence-corrected chi connectivity index (χ0v) is 18.6. The Morgan fingerprint density at radius 3 is 2.32 bits per heavy atom. The molecular formula is C26H24N2O6. The highest BCUT2D eigenvalue weighted by Crippen LogP contribution is 2.53. The fraction of sp³-hybridized carbons (Fsp3) is 0.308. The van der Waals surface area contributed by atoms with Crippen molar-refractivity contribution in [3.8, 4) is 5.75 Å². The van der Waals surface area contributed by atoms with Gasteiger partial charge in [-0.05, 0) is 67.6 Å². The summed E-state index contributed by atoms with van der Waals surface area (Å²) in [5.74, 6) is -1.36. The number of ether oxygens (including phenoxy) is 2. The van der Waals surface area contributed by atoms with Gasteiger partial charge in [0.25, 0.3) is 5.91 Å². The first-order valence-corrected chi connectivity index (χ1v) is 11.3. The average molecular weight is 460 g/mol. The first-order valence-electron chi connectivity index (χ1n) is 11.3.